The molecular formula is C22H30FeNO5+. The summed E-state index contributed by atoms with van der Waals surface area (Å²) in [6.07, 6.45) is 8.57. The van der Waals surface area contributed by atoms with E-state index >= 15 is 0 Å². The van der Waals surface area contributed by atoms with Crippen LogP contribution in [0.2, 0.25) is 0 Å². The van der Waals surface area contributed by atoms with Gasteiger partial charge in [0.25, 0.3) is 0 Å². The molecule has 29 heavy (non-hydrogen) atoms. The SMILES string of the molecule is CC(=O)N(OCc1ccccc1)C1CCCCC1.CCC(C)[C-]=O.[C-]#[O+].[C-]#[O+].[Fe+2]. The average molecular weight is 444 g/mol. The van der Waals surface area contributed by atoms with Gasteiger partial charge in [0.15, 0.2) is 0 Å². The molecule has 160 valence electrons. The minimum absolute atomic E-state index is 0. The topological polar surface area (TPSA) is 86.4 Å². The minimum atomic E-state index is 0. The van der Waals surface area contributed by atoms with Gasteiger partial charge in [0.05, 0.1) is 6.04 Å². The fraction of sp³-hybridized carbons (Fsp3) is 0.545. The summed E-state index contributed by atoms with van der Waals surface area (Å²) < 4.78 is 15.0. The fourth-order valence-electron chi connectivity index (χ4n) is 2.57. The number of carbonyl (C=O) groups excluding carboxylic acids is 2. The molecule has 1 unspecified atom stereocenters. The second kappa shape index (κ2) is 22.6. The van der Waals surface area contributed by atoms with Crippen molar-refractivity contribution in [2.75, 3.05) is 0 Å². The van der Waals surface area contributed by atoms with Crippen LogP contribution in [0.25, 0.3) is 0 Å². The number of nitrogens with zero attached hydrogens (tertiary/aromatic N) is 1. The number of rotatable bonds is 6. The third kappa shape index (κ3) is 15.9. The Balaban J connectivity index is -0.000000525. The Hall–Kier alpha value is -1.68. The first-order valence-electron chi connectivity index (χ1n) is 9.33. The van der Waals surface area contributed by atoms with Gasteiger partial charge in [-0.15, -0.1) is 5.92 Å². The summed E-state index contributed by atoms with van der Waals surface area (Å²) in [7, 11) is 0. The largest absolute Gasteiger partial charge is 2.00 e. The Kier molecular flexibility index (Phi) is 24.9. The average Bonchev–Trinajstić information content (AvgIpc) is 2.78. The summed E-state index contributed by atoms with van der Waals surface area (Å²) in [5, 5.41) is 1.59. The molecule has 1 aliphatic carbocycles. The maximum Gasteiger partial charge on any atom is 2.00 e. The maximum atomic E-state index is 11.7. The Labute approximate surface area is 185 Å². The van der Waals surface area contributed by atoms with Gasteiger partial charge in [0, 0.05) is 6.92 Å². The first kappa shape index (κ1) is 32.0. The third-order valence-corrected chi connectivity index (χ3v) is 4.24. The van der Waals surface area contributed by atoms with E-state index < -0.39 is 0 Å². The molecule has 2 rings (SSSR count). The standard InChI is InChI=1S/C15H21NO2.C5H9O.2CO.Fe/c1-13(17)16(15-10-6-3-7-11-15)18-12-14-8-4-2-5-9-14;1-3-5(2)4-6;2*1-2;/h2,4-5,8-9,15H,3,6-7,10-12H2,1H3;5H,3H2,1-2H3;;;/q;-1;;;+2. The zero-order valence-electron chi connectivity index (χ0n) is 17.3. The number of carbonyl (C=O) groups is 1. The predicted molar refractivity (Wildman–Crippen MR) is 104 cm³/mol. The van der Waals surface area contributed by atoms with Gasteiger partial charge >= 0.3 is 39.7 Å². The van der Waals surface area contributed by atoms with Crippen molar-refractivity contribution >= 4 is 12.2 Å². The quantitative estimate of drug-likeness (QED) is 0.283. The monoisotopic (exact) mass is 444 g/mol. The Morgan fingerprint density at radius 3 is 2.07 bits per heavy atom. The third-order valence-electron chi connectivity index (χ3n) is 4.24. The van der Waals surface area contributed by atoms with Gasteiger partial charge in [-0.3, -0.25) is 15.9 Å². The number of hydrogen-bond donors (Lipinski definition) is 0. The van der Waals surface area contributed by atoms with Crippen LogP contribution < -0.4 is 0 Å². The molecule has 1 amide bonds. The summed E-state index contributed by atoms with van der Waals surface area (Å²) in [5.41, 5.74) is 1.10. The second-order valence-electron chi connectivity index (χ2n) is 6.32. The number of amides is 1. The molecule has 7 heteroatoms. The smallest absolute Gasteiger partial charge is 2.00 e. The Morgan fingerprint density at radius 1 is 1.17 bits per heavy atom. The van der Waals surface area contributed by atoms with E-state index in [4.69, 9.17) is 14.1 Å². The molecular weight excluding hydrogens is 414 g/mol. The molecule has 0 radical (unpaired) electrons. The van der Waals surface area contributed by atoms with Gasteiger partial charge in [-0.25, -0.2) is 5.06 Å². The van der Waals surface area contributed by atoms with E-state index in [9.17, 15) is 9.59 Å². The molecule has 0 bridgehead atoms. The Bertz CT molecular complexity index is 550. The summed E-state index contributed by atoms with van der Waals surface area (Å²) in [6, 6.07) is 10.2. The van der Waals surface area contributed by atoms with Crippen molar-refractivity contribution in [3.8, 4) is 0 Å². The van der Waals surface area contributed by atoms with Crippen LogP contribution in [-0.2, 0) is 47.4 Å². The van der Waals surface area contributed by atoms with Crippen molar-refractivity contribution in [2.24, 2.45) is 5.92 Å². The molecule has 0 aromatic heterocycles. The molecule has 1 aromatic rings. The van der Waals surface area contributed by atoms with Gasteiger partial charge in [-0.05, 0) is 18.4 Å². The molecule has 1 fully saturated rings. The zero-order chi connectivity index (χ0) is 21.8. The van der Waals surface area contributed by atoms with E-state index in [0.29, 0.717) is 6.61 Å². The second-order valence-corrected chi connectivity index (χ2v) is 6.32. The molecule has 0 spiro atoms. The van der Waals surface area contributed by atoms with E-state index in [2.05, 4.69) is 13.3 Å². The molecule has 1 aromatic carbocycles. The summed E-state index contributed by atoms with van der Waals surface area (Å²) >= 11 is 0. The van der Waals surface area contributed by atoms with Crippen LogP contribution in [0, 0.1) is 19.2 Å². The van der Waals surface area contributed by atoms with Crippen LogP contribution in [0.15, 0.2) is 30.3 Å². The first-order valence-corrected chi connectivity index (χ1v) is 9.33. The minimum Gasteiger partial charge on any atom is 2.00 e. The van der Waals surface area contributed by atoms with Crippen LogP contribution >= 0.6 is 0 Å². The maximum absolute atomic E-state index is 11.7. The molecule has 0 N–H and O–H groups in total. The zero-order valence-corrected chi connectivity index (χ0v) is 18.4. The van der Waals surface area contributed by atoms with E-state index in [-0.39, 0.29) is 34.9 Å². The summed E-state index contributed by atoms with van der Waals surface area (Å²) in [5.74, 6) is 0.142. The number of hydroxylamine groups is 2. The number of hydrogen-bond acceptors (Lipinski definition) is 3. The predicted octanol–water partition coefficient (Wildman–Crippen LogP) is 4.36. The molecule has 0 saturated heterocycles. The van der Waals surface area contributed by atoms with E-state index in [1.54, 1.807) is 12.0 Å². The van der Waals surface area contributed by atoms with Crippen molar-refractivity contribution in [3.63, 3.8) is 0 Å². The van der Waals surface area contributed by atoms with E-state index in [1.807, 2.05) is 50.5 Å². The number of benzene rings is 1. The van der Waals surface area contributed by atoms with Crippen LogP contribution in [0.3, 0.4) is 0 Å². The summed E-state index contributed by atoms with van der Waals surface area (Å²) in [4.78, 5) is 27.0. The van der Waals surface area contributed by atoms with Crippen molar-refractivity contribution < 1.29 is 40.8 Å². The van der Waals surface area contributed by atoms with Gasteiger partial charge < -0.3 is 4.79 Å². The van der Waals surface area contributed by atoms with Crippen LogP contribution in [0.5, 0.6) is 0 Å². The molecule has 1 atom stereocenters. The van der Waals surface area contributed by atoms with E-state index in [0.717, 1.165) is 24.8 Å². The van der Waals surface area contributed by atoms with Crippen molar-refractivity contribution in [2.45, 2.75) is 71.9 Å². The molecule has 0 heterocycles. The molecule has 1 saturated carbocycles. The summed E-state index contributed by atoms with van der Waals surface area (Å²) in [6.45, 7) is 14.9. The van der Waals surface area contributed by atoms with Crippen LogP contribution in [0.4, 0.5) is 0 Å². The molecule has 1 aliphatic rings. The van der Waals surface area contributed by atoms with Crippen molar-refractivity contribution in [1.82, 2.24) is 5.06 Å². The van der Waals surface area contributed by atoms with Crippen LogP contribution in [0.1, 0.15) is 64.9 Å². The Morgan fingerprint density at radius 2 is 1.69 bits per heavy atom. The van der Waals surface area contributed by atoms with Crippen molar-refractivity contribution in [3.05, 3.63) is 49.2 Å². The van der Waals surface area contributed by atoms with Gasteiger partial charge in [-0.2, -0.15) is 0 Å². The van der Waals surface area contributed by atoms with Gasteiger partial charge in [0.1, 0.15) is 6.61 Å². The van der Waals surface area contributed by atoms with E-state index in [1.165, 1.54) is 19.3 Å². The molecule has 0 aliphatic heterocycles. The van der Waals surface area contributed by atoms with Crippen molar-refractivity contribution in [1.29, 1.82) is 0 Å². The molecule has 6 nitrogen and oxygen atoms in total. The first-order chi connectivity index (χ1) is 13.6. The van der Waals surface area contributed by atoms with Crippen LogP contribution in [-0.4, -0.2) is 23.3 Å². The normalized spacial score (nSPS) is 13.2. The fourth-order valence-corrected chi connectivity index (χ4v) is 2.57. The van der Waals surface area contributed by atoms with Gasteiger partial charge in [-0.1, -0.05) is 69.9 Å². The van der Waals surface area contributed by atoms with Gasteiger partial charge in [0.2, 0.25) is 5.91 Å².